The molecule has 2 aromatic carbocycles. The van der Waals surface area contributed by atoms with E-state index in [1.54, 1.807) is 12.1 Å². The Hall–Kier alpha value is -2.31. The summed E-state index contributed by atoms with van der Waals surface area (Å²) in [6, 6.07) is 6.20. The molecule has 3 rings (SSSR count). The van der Waals surface area contributed by atoms with E-state index < -0.39 is 5.82 Å². The quantitative estimate of drug-likeness (QED) is 0.532. The smallest absolute Gasteiger partial charge is 0.165 e. The fourth-order valence-electron chi connectivity index (χ4n) is 2.30. The Morgan fingerprint density at radius 1 is 1.17 bits per heavy atom. The number of nitrogens with zero attached hydrogens (tertiary/aromatic N) is 2. The molecule has 0 saturated carbocycles. The summed E-state index contributed by atoms with van der Waals surface area (Å²) in [4.78, 5) is 8.50. The van der Waals surface area contributed by atoms with Gasteiger partial charge in [0.05, 0.1) is 33.4 Å². The van der Waals surface area contributed by atoms with Gasteiger partial charge in [0.2, 0.25) is 0 Å². The van der Waals surface area contributed by atoms with Crippen molar-refractivity contribution in [2.24, 2.45) is 0 Å². The van der Waals surface area contributed by atoms with E-state index in [-0.39, 0.29) is 27.3 Å². The van der Waals surface area contributed by atoms with Gasteiger partial charge in [0, 0.05) is 11.5 Å². The average molecular weight is 367 g/mol. The van der Waals surface area contributed by atoms with Gasteiger partial charge in [-0.2, -0.15) is 0 Å². The number of nitrogens with two attached hydrogens (primary N) is 2. The second-order valence-corrected chi connectivity index (χ2v) is 5.78. The molecule has 0 aliphatic heterocycles. The first-order chi connectivity index (χ1) is 11.4. The predicted molar refractivity (Wildman–Crippen MR) is 94.9 cm³/mol. The van der Waals surface area contributed by atoms with Crippen LogP contribution in [0.25, 0.3) is 22.3 Å². The number of hydrogen-bond acceptors (Lipinski definition) is 5. The summed E-state index contributed by atoms with van der Waals surface area (Å²) in [6.07, 6.45) is 0. The second kappa shape index (κ2) is 6.30. The second-order valence-electron chi connectivity index (χ2n) is 5.00. The molecule has 0 spiro atoms. The number of benzene rings is 2. The van der Waals surface area contributed by atoms with Crippen molar-refractivity contribution in [2.45, 2.75) is 6.92 Å². The number of ether oxygens (including phenoxy) is 1. The molecule has 0 fully saturated rings. The Morgan fingerprint density at radius 2 is 1.92 bits per heavy atom. The molecule has 8 heteroatoms. The number of aromatic nitrogens is 2. The van der Waals surface area contributed by atoms with Crippen LogP contribution in [0.5, 0.6) is 5.75 Å². The molecule has 1 heterocycles. The topological polar surface area (TPSA) is 87.0 Å². The third-order valence-corrected chi connectivity index (χ3v) is 4.21. The lowest BCUT2D eigenvalue weighted by Crippen LogP contribution is -2.02. The normalized spacial score (nSPS) is 11.0. The highest BCUT2D eigenvalue weighted by atomic mass is 35.5. The zero-order chi connectivity index (χ0) is 17.4. The lowest BCUT2D eigenvalue weighted by atomic mass is 10.1. The zero-order valence-corrected chi connectivity index (χ0v) is 14.1. The van der Waals surface area contributed by atoms with Gasteiger partial charge in [-0.1, -0.05) is 23.2 Å². The summed E-state index contributed by atoms with van der Waals surface area (Å²) in [5.41, 5.74) is 12.9. The van der Waals surface area contributed by atoms with Gasteiger partial charge < -0.3 is 16.2 Å². The minimum Gasteiger partial charge on any atom is -0.492 e. The summed E-state index contributed by atoms with van der Waals surface area (Å²) in [5, 5.41) is 0.474. The Labute approximate surface area is 147 Å². The highest BCUT2D eigenvalue weighted by Gasteiger charge is 2.17. The summed E-state index contributed by atoms with van der Waals surface area (Å²) in [7, 11) is 0. The van der Waals surface area contributed by atoms with Crippen molar-refractivity contribution in [3.05, 3.63) is 40.1 Å². The molecule has 124 valence electrons. The molecule has 0 unspecified atom stereocenters. The number of nitrogen functional groups attached to an aromatic ring is 2. The SMILES string of the molecule is CCOc1cc2nc(-c3ccc(Cl)c(Cl)c3F)nc(N)c2cc1N. The molecule has 3 aromatic rings. The first kappa shape index (κ1) is 16.5. The molecule has 0 atom stereocenters. The van der Waals surface area contributed by atoms with E-state index in [4.69, 9.17) is 39.4 Å². The van der Waals surface area contributed by atoms with Gasteiger partial charge in [0.1, 0.15) is 11.6 Å². The number of hydrogen-bond donors (Lipinski definition) is 2. The van der Waals surface area contributed by atoms with Crippen molar-refractivity contribution in [1.29, 1.82) is 0 Å². The highest BCUT2D eigenvalue weighted by Crippen LogP contribution is 2.34. The Morgan fingerprint density at radius 3 is 2.62 bits per heavy atom. The minimum absolute atomic E-state index is 0.100. The van der Waals surface area contributed by atoms with E-state index >= 15 is 0 Å². The van der Waals surface area contributed by atoms with Gasteiger partial charge in [-0.25, -0.2) is 14.4 Å². The lowest BCUT2D eigenvalue weighted by molar-refractivity contribution is 0.342. The Kier molecular flexibility index (Phi) is 4.34. The monoisotopic (exact) mass is 366 g/mol. The Balaban J connectivity index is 2.24. The van der Waals surface area contributed by atoms with Gasteiger partial charge in [-0.3, -0.25) is 0 Å². The van der Waals surface area contributed by atoms with Gasteiger partial charge >= 0.3 is 0 Å². The number of rotatable bonds is 3. The van der Waals surface area contributed by atoms with Crippen LogP contribution in [-0.2, 0) is 0 Å². The first-order valence-electron chi connectivity index (χ1n) is 7.05. The number of halogens is 3. The molecule has 4 N–H and O–H groups in total. The van der Waals surface area contributed by atoms with Gasteiger partial charge in [0.15, 0.2) is 11.6 Å². The molecular formula is C16H13Cl2FN4O. The van der Waals surface area contributed by atoms with Crippen molar-refractivity contribution in [1.82, 2.24) is 9.97 Å². The molecular weight excluding hydrogens is 354 g/mol. The lowest BCUT2D eigenvalue weighted by Gasteiger charge is -2.11. The van der Waals surface area contributed by atoms with E-state index in [0.717, 1.165) is 0 Å². The highest BCUT2D eigenvalue weighted by molar-refractivity contribution is 6.42. The molecule has 5 nitrogen and oxygen atoms in total. The maximum Gasteiger partial charge on any atom is 0.165 e. The summed E-state index contributed by atoms with van der Waals surface area (Å²) in [6.45, 7) is 2.29. The summed E-state index contributed by atoms with van der Waals surface area (Å²) < 4.78 is 19.8. The van der Waals surface area contributed by atoms with Crippen LogP contribution in [0.2, 0.25) is 10.0 Å². The van der Waals surface area contributed by atoms with Crippen LogP contribution in [-0.4, -0.2) is 16.6 Å². The number of fused-ring (bicyclic) bond motifs is 1. The van der Waals surface area contributed by atoms with E-state index in [9.17, 15) is 4.39 Å². The molecule has 0 aliphatic carbocycles. The van der Waals surface area contributed by atoms with E-state index in [1.807, 2.05) is 6.92 Å². The van der Waals surface area contributed by atoms with Crippen LogP contribution in [0.4, 0.5) is 15.9 Å². The van der Waals surface area contributed by atoms with E-state index in [2.05, 4.69) is 9.97 Å². The standard InChI is InChI=1S/C16H13Cl2FN4O/c1-2-24-12-6-11-8(5-10(12)20)15(21)23-16(22-11)7-3-4-9(17)13(18)14(7)19/h3-6H,2,20H2,1H3,(H2,21,22,23). The maximum absolute atomic E-state index is 14.4. The predicted octanol–water partition coefficient (Wildman–Crippen LogP) is 4.31. The van der Waals surface area contributed by atoms with Crippen LogP contribution in [0.15, 0.2) is 24.3 Å². The van der Waals surface area contributed by atoms with E-state index in [0.29, 0.717) is 28.9 Å². The van der Waals surface area contributed by atoms with Gasteiger partial charge in [-0.15, -0.1) is 0 Å². The largest absolute Gasteiger partial charge is 0.492 e. The fraction of sp³-hybridized carbons (Fsp3) is 0.125. The third kappa shape index (κ3) is 2.79. The van der Waals surface area contributed by atoms with Gasteiger partial charge in [0.25, 0.3) is 0 Å². The van der Waals surface area contributed by atoms with Crippen molar-refractivity contribution in [3.8, 4) is 17.1 Å². The van der Waals surface area contributed by atoms with Crippen LogP contribution in [0.1, 0.15) is 6.92 Å². The third-order valence-electron chi connectivity index (χ3n) is 3.43. The van der Waals surface area contributed by atoms with E-state index in [1.165, 1.54) is 12.1 Å². The zero-order valence-electron chi connectivity index (χ0n) is 12.6. The van der Waals surface area contributed by atoms with Crippen molar-refractivity contribution < 1.29 is 9.13 Å². The number of anilines is 2. The molecule has 24 heavy (non-hydrogen) atoms. The van der Waals surface area contributed by atoms with Crippen molar-refractivity contribution >= 4 is 45.6 Å². The molecule has 0 radical (unpaired) electrons. The van der Waals surface area contributed by atoms with Crippen molar-refractivity contribution in [3.63, 3.8) is 0 Å². The molecule has 0 amide bonds. The summed E-state index contributed by atoms with van der Waals surface area (Å²) in [5.74, 6) is 0.0468. The minimum atomic E-state index is -0.705. The van der Waals surface area contributed by atoms with Crippen LogP contribution in [0.3, 0.4) is 0 Å². The molecule has 0 aliphatic rings. The van der Waals surface area contributed by atoms with Crippen molar-refractivity contribution in [2.75, 3.05) is 18.1 Å². The molecule has 1 aromatic heterocycles. The molecule has 0 saturated heterocycles. The van der Waals surface area contributed by atoms with Gasteiger partial charge in [-0.05, 0) is 25.1 Å². The fourth-order valence-corrected chi connectivity index (χ4v) is 2.61. The van der Waals surface area contributed by atoms with Crippen LogP contribution >= 0.6 is 23.2 Å². The first-order valence-corrected chi connectivity index (χ1v) is 7.81. The summed E-state index contributed by atoms with van der Waals surface area (Å²) >= 11 is 11.7. The Bertz CT molecular complexity index is 949. The molecule has 0 bridgehead atoms. The van der Waals surface area contributed by atoms with Crippen LogP contribution < -0.4 is 16.2 Å². The maximum atomic E-state index is 14.4. The van der Waals surface area contributed by atoms with Crippen LogP contribution in [0, 0.1) is 5.82 Å². The average Bonchev–Trinajstić information content (AvgIpc) is 2.54.